The molecule has 1 saturated carbocycles. The zero-order chi connectivity index (χ0) is 11.9. The number of carboxylic acid groups (broad SMARTS) is 1. The molecule has 2 rings (SSSR count). The van der Waals surface area contributed by atoms with Gasteiger partial charge in [-0.1, -0.05) is 0 Å². The molecule has 0 aliphatic heterocycles. The number of carboxylic acids is 1. The zero-order valence-corrected chi connectivity index (χ0v) is 9.55. The van der Waals surface area contributed by atoms with Gasteiger partial charge in [-0.3, -0.25) is 9.48 Å². The van der Waals surface area contributed by atoms with Gasteiger partial charge in [0.2, 0.25) is 0 Å². The third kappa shape index (κ3) is 1.43. The molecule has 0 bridgehead atoms. The average molecular weight is 223 g/mol. The minimum atomic E-state index is -0.819. The number of hydrogen-bond acceptors (Lipinski definition) is 3. The highest BCUT2D eigenvalue weighted by molar-refractivity contribution is 5.82. The van der Waals surface area contributed by atoms with Crippen molar-refractivity contribution in [2.75, 3.05) is 0 Å². The summed E-state index contributed by atoms with van der Waals surface area (Å²) in [6, 6.07) is 1.95. The molecule has 1 aromatic rings. The number of carbonyl (C=O) groups is 1. The maximum atomic E-state index is 11.4. The number of nitrogens with zero attached hydrogens (tertiary/aromatic N) is 2. The van der Waals surface area contributed by atoms with Gasteiger partial charge in [0.05, 0.1) is 5.69 Å². The van der Waals surface area contributed by atoms with Crippen LogP contribution >= 0.6 is 0 Å². The van der Waals surface area contributed by atoms with Crippen molar-refractivity contribution in [2.24, 2.45) is 5.73 Å². The average Bonchev–Trinajstić information content (AvgIpc) is 2.60. The molecule has 88 valence electrons. The van der Waals surface area contributed by atoms with Crippen LogP contribution in [0.2, 0.25) is 0 Å². The quantitative estimate of drug-likeness (QED) is 0.798. The number of nitrogens with two attached hydrogens (primary N) is 1. The van der Waals surface area contributed by atoms with E-state index in [0.717, 1.165) is 5.69 Å². The van der Waals surface area contributed by atoms with E-state index < -0.39 is 11.4 Å². The van der Waals surface area contributed by atoms with Crippen LogP contribution in [-0.4, -0.2) is 26.9 Å². The van der Waals surface area contributed by atoms with Crippen LogP contribution in [0, 0.1) is 0 Å². The SMILES string of the molecule is CC(C)n1nccc1C1(C(=O)O)CC(N)C1. The molecule has 16 heavy (non-hydrogen) atoms. The van der Waals surface area contributed by atoms with Gasteiger partial charge in [-0.2, -0.15) is 5.10 Å². The van der Waals surface area contributed by atoms with Crippen molar-refractivity contribution in [3.63, 3.8) is 0 Å². The summed E-state index contributed by atoms with van der Waals surface area (Å²) in [6.45, 7) is 3.98. The molecule has 0 spiro atoms. The van der Waals surface area contributed by atoms with Crippen molar-refractivity contribution in [2.45, 2.75) is 44.2 Å². The van der Waals surface area contributed by atoms with Gasteiger partial charge in [0.15, 0.2) is 0 Å². The lowest BCUT2D eigenvalue weighted by molar-refractivity contribution is -0.148. The van der Waals surface area contributed by atoms with Gasteiger partial charge in [-0.25, -0.2) is 0 Å². The highest BCUT2D eigenvalue weighted by Gasteiger charge is 2.52. The van der Waals surface area contributed by atoms with Crippen molar-refractivity contribution in [3.8, 4) is 0 Å². The predicted molar refractivity (Wildman–Crippen MR) is 59.1 cm³/mol. The number of aliphatic carboxylic acids is 1. The summed E-state index contributed by atoms with van der Waals surface area (Å²) >= 11 is 0. The van der Waals surface area contributed by atoms with Crippen LogP contribution in [0.25, 0.3) is 0 Å². The van der Waals surface area contributed by atoms with Crippen molar-refractivity contribution >= 4 is 5.97 Å². The highest BCUT2D eigenvalue weighted by Crippen LogP contribution is 2.43. The van der Waals surface area contributed by atoms with Crippen LogP contribution in [0.5, 0.6) is 0 Å². The van der Waals surface area contributed by atoms with Gasteiger partial charge in [0.1, 0.15) is 5.41 Å². The largest absolute Gasteiger partial charge is 0.481 e. The highest BCUT2D eigenvalue weighted by atomic mass is 16.4. The maximum Gasteiger partial charge on any atom is 0.315 e. The molecule has 0 unspecified atom stereocenters. The third-order valence-corrected chi connectivity index (χ3v) is 3.28. The number of aromatic nitrogens is 2. The molecule has 5 heteroatoms. The first-order valence-corrected chi connectivity index (χ1v) is 5.50. The number of hydrogen-bond donors (Lipinski definition) is 2. The fourth-order valence-corrected chi connectivity index (χ4v) is 2.43. The fourth-order valence-electron chi connectivity index (χ4n) is 2.43. The van der Waals surface area contributed by atoms with Crippen LogP contribution in [0.3, 0.4) is 0 Å². The number of rotatable bonds is 3. The Hall–Kier alpha value is -1.36. The lowest BCUT2D eigenvalue weighted by Gasteiger charge is -2.43. The van der Waals surface area contributed by atoms with Gasteiger partial charge < -0.3 is 10.8 Å². The van der Waals surface area contributed by atoms with E-state index in [1.807, 2.05) is 13.8 Å². The molecule has 1 fully saturated rings. The molecule has 5 nitrogen and oxygen atoms in total. The molecule has 0 amide bonds. The van der Waals surface area contributed by atoms with Gasteiger partial charge >= 0.3 is 5.97 Å². The van der Waals surface area contributed by atoms with Gasteiger partial charge in [0.25, 0.3) is 0 Å². The molecule has 1 heterocycles. The van der Waals surface area contributed by atoms with E-state index in [4.69, 9.17) is 5.73 Å². The summed E-state index contributed by atoms with van der Waals surface area (Å²) < 4.78 is 1.78. The Labute approximate surface area is 94.2 Å². The molecular weight excluding hydrogens is 206 g/mol. The van der Waals surface area contributed by atoms with Crippen molar-refractivity contribution in [1.29, 1.82) is 0 Å². The first-order valence-electron chi connectivity index (χ1n) is 5.50. The van der Waals surface area contributed by atoms with Crippen LogP contribution in [0.4, 0.5) is 0 Å². The summed E-state index contributed by atoms with van der Waals surface area (Å²) in [6.07, 6.45) is 2.66. The van der Waals surface area contributed by atoms with E-state index in [9.17, 15) is 9.90 Å². The molecule has 1 aliphatic carbocycles. The molecular formula is C11H17N3O2. The maximum absolute atomic E-state index is 11.4. The topological polar surface area (TPSA) is 81.1 Å². The van der Waals surface area contributed by atoms with E-state index in [1.54, 1.807) is 16.9 Å². The molecule has 3 N–H and O–H groups in total. The lowest BCUT2D eigenvalue weighted by atomic mass is 9.63. The third-order valence-electron chi connectivity index (χ3n) is 3.28. The summed E-state index contributed by atoms with van der Waals surface area (Å²) in [5.74, 6) is -0.795. The van der Waals surface area contributed by atoms with Gasteiger partial charge in [-0.15, -0.1) is 0 Å². The van der Waals surface area contributed by atoms with E-state index >= 15 is 0 Å². The van der Waals surface area contributed by atoms with Crippen LogP contribution in [0.1, 0.15) is 38.4 Å². The zero-order valence-electron chi connectivity index (χ0n) is 9.55. The second kappa shape index (κ2) is 3.59. The molecule has 0 radical (unpaired) electrons. The molecule has 0 saturated heterocycles. The normalized spacial score (nSPS) is 29.1. The van der Waals surface area contributed by atoms with Crippen molar-refractivity contribution < 1.29 is 9.90 Å². The van der Waals surface area contributed by atoms with E-state index in [2.05, 4.69) is 5.10 Å². The van der Waals surface area contributed by atoms with Crippen LogP contribution in [-0.2, 0) is 10.2 Å². The summed E-state index contributed by atoms with van der Waals surface area (Å²) in [5.41, 5.74) is 5.69. The standard InChI is InChI=1S/C11H17N3O2/c1-7(2)14-9(3-4-13-14)11(10(15)16)5-8(12)6-11/h3-4,7-8H,5-6,12H2,1-2H3,(H,15,16). The Morgan fingerprint density at radius 2 is 2.31 bits per heavy atom. The Morgan fingerprint density at radius 3 is 2.75 bits per heavy atom. The van der Waals surface area contributed by atoms with Gasteiger partial charge in [0, 0.05) is 18.3 Å². The first-order chi connectivity index (χ1) is 7.47. The Bertz CT molecular complexity index is 405. The minimum Gasteiger partial charge on any atom is -0.481 e. The summed E-state index contributed by atoms with van der Waals surface area (Å²) in [7, 11) is 0. The van der Waals surface area contributed by atoms with Crippen molar-refractivity contribution in [1.82, 2.24) is 9.78 Å². The van der Waals surface area contributed by atoms with E-state index in [-0.39, 0.29) is 12.1 Å². The summed E-state index contributed by atoms with van der Waals surface area (Å²) in [4.78, 5) is 11.4. The van der Waals surface area contributed by atoms with Crippen LogP contribution < -0.4 is 5.73 Å². The van der Waals surface area contributed by atoms with E-state index in [1.165, 1.54) is 0 Å². The Kier molecular flexibility index (Phi) is 2.50. The van der Waals surface area contributed by atoms with Gasteiger partial charge in [-0.05, 0) is 32.8 Å². The molecule has 0 aromatic carbocycles. The second-order valence-electron chi connectivity index (χ2n) is 4.81. The smallest absolute Gasteiger partial charge is 0.315 e. The second-order valence-corrected chi connectivity index (χ2v) is 4.81. The minimum absolute atomic E-state index is 0.00777. The Morgan fingerprint density at radius 1 is 1.69 bits per heavy atom. The van der Waals surface area contributed by atoms with E-state index in [0.29, 0.717) is 12.8 Å². The molecule has 1 aromatic heterocycles. The molecule has 1 aliphatic rings. The summed E-state index contributed by atoms with van der Waals surface area (Å²) in [5, 5.41) is 13.6. The molecule has 0 atom stereocenters. The Balaban J connectivity index is 2.41. The fraction of sp³-hybridized carbons (Fsp3) is 0.636. The van der Waals surface area contributed by atoms with Crippen LogP contribution in [0.15, 0.2) is 12.3 Å². The lowest BCUT2D eigenvalue weighted by Crippen LogP contribution is -2.55. The first kappa shape index (κ1) is 11.1. The predicted octanol–water partition coefficient (Wildman–Crippen LogP) is 0.908. The van der Waals surface area contributed by atoms with Crippen molar-refractivity contribution in [3.05, 3.63) is 18.0 Å². The monoisotopic (exact) mass is 223 g/mol.